The summed E-state index contributed by atoms with van der Waals surface area (Å²) in [6, 6.07) is 12.4. The van der Waals surface area contributed by atoms with Crippen LogP contribution in [0.25, 0.3) is 0 Å². The summed E-state index contributed by atoms with van der Waals surface area (Å²) in [5, 5.41) is 11.8. The molecule has 1 atom stereocenters. The van der Waals surface area contributed by atoms with E-state index in [1.165, 1.54) is 29.2 Å². The van der Waals surface area contributed by atoms with Gasteiger partial charge in [0.2, 0.25) is 5.91 Å². The molecule has 0 bridgehead atoms. The van der Waals surface area contributed by atoms with Gasteiger partial charge in [-0.15, -0.1) is 0 Å². The van der Waals surface area contributed by atoms with Gasteiger partial charge in [-0.3, -0.25) is 14.6 Å². The third-order valence-electron chi connectivity index (χ3n) is 5.12. The van der Waals surface area contributed by atoms with Gasteiger partial charge in [-0.05, 0) is 47.5 Å². The Morgan fingerprint density at radius 1 is 1.10 bits per heavy atom. The first kappa shape index (κ1) is 20.2. The maximum Gasteiger partial charge on any atom is 0.335 e. The monoisotopic (exact) mass is 419 g/mol. The predicted molar refractivity (Wildman–Crippen MR) is 110 cm³/mol. The smallest absolute Gasteiger partial charge is 0.335 e. The van der Waals surface area contributed by atoms with E-state index in [0.717, 1.165) is 11.6 Å². The first-order chi connectivity index (χ1) is 14.9. The van der Waals surface area contributed by atoms with Crippen molar-refractivity contribution in [3.05, 3.63) is 95.1 Å². The van der Waals surface area contributed by atoms with E-state index in [9.17, 15) is 18.8 Å². The number of benzene rings is 2. The molecule has 4 rings (SSSR count). The van der Waals surface area contributed by atoms with Gasteiger partial charge >= 0.3 is 5.97 Å². The number of carbonyl (C=O) groups is 3. The molecule has 0 saturated heterocycles. The summed E-state index contributed by atoms with van der Waals surface area (Å²) in [7, 11) is 0. The highest BCUT2D eigenvalue weighted by atomic mass is 19.1. The van der Waals surface area contributed by atoms with Gasteiger partial charge in [0.05, 0.1) is 16.8 Å². The number of hydrogen-bond acceptors (Lipinski definition) is 4. The minimum Gasteiger partial charge on any atom is -0.478 e. The molecule has 1 aliphatic rings. The number of amides is 2. The second-order valence-corrected chi connectivity index (χ2v) is 7.20. The molecule has 0 saturated carbocycles. The van der Waals surface area contributed by atoms with E-state index in [4.69, 9.17) is 5.11 Å². The molecule has 2 N–H and O–H groups in total. The third kappa shape index (κ3) is 4.28. The fourth-order valence-corrected chi connectivity index (χ4v) is 3.54. The van der Waals surface area contributed by atoms with Crippen molar-refractivity contribution in [1.82, 2.24) is 9.88 Å². The van der Waals surface area contributed by atoms with Crippen LogP contribution in [0.5, 0.6) is 0 Å². The van der Waals surface area contributed by atoms with Crippen molar-refractivity contribution in [3.8, 4) is 0 Å². The van der Waals surface area contributed by atoms with Crippen LogP contribution >= 0.6 is 0 Å². The maximum atomic E-state index is 13.7. The summed E-state index contributed by atoms with van der Waals surface area (Å²) in [6.45, 7) is 0.0773. The fourth-order valence-electron chi connectivity index (χ4n) is 3.54. The summed E-state index contributed by atoms with van der Waals surface area (Å²) in [6.07, 6.45) is 3.45. The van der Waals surface area contributed by atoms with Crippen molar-refractivity contribution in [1.29, 1.82) is 0 Å². The first-order valence-corrected chi connectivity index (χ1v) is 9.55. The van der Waals surface area contributed by atoms with E-state index in [0.29, 0.717) is 5.56 Å². The number of aromatic carboxylic acids is 1. The molecule has 8 heteroatoms. The zero-order valence-corrected chi connectivity index (χ0v) is 16.3. The van der Waals surface area contributed by atoms with E-state index < -0.39 is 29.6 Å². The van der Waals surface area contributed by atoms with Gasteiger partial charge in [0.25, 0.3) is 5.91 Å². The minimum atomic E-state index is -1.05. The van der Waals surface area contributed by atoms with Crippen LogP contribution in [-0.2, 0) is 17.8 Å². The van der Waals surface area contributed by atoms with Crippen LogP contribution < -0.4 is 5.32 Å². The van der Waals surface area contributed by atoms with Crippen LogP contribution in [0.1, 0.15) is 31.8 Å². The SMILES string of the molecule is O=C(O)c1ccc(CN2C(=O)c3ccc(F)cc3NC(=O)[C@H]2Cc2cccnc2)cc1. The minimum absolute atomic E-state index is 0.0773. The average molecular weight is 419 g/mol. The van der Waals surface area contributed by atoms with E-state index in [1.54, 1.807) is 30.6 Å². The molecule has 0 radical (unpaired) electrons. The second-order valence-electron chi connectivity index (χ2n) is 7.20. The van der Waals surface area contributed by atoms with Crippen LogP contribution in [0.15, 0.2) is 67.0 Å². The Morgan fingerprint density at radius 3 is 2.55 bits per heavy atom. The maximum absolute atomic E-state index is 13.7. The highest BCUT2D eigenvalue weighted by Crippen LogP contribution is 2.27. The average Bonchev–Trinajstić information content (AvgIpc) is 2.85. The molecule has 7 nitrogen and oxygen atoms in total. The Hall–Kier alpha value is -4.07. The molecule has 2 heterocycles. The second kappa shape index (κ2) is 8.35. The number of carbonyl (C=O) groups excluding carboxylic acids is 2. The molecule has 3 aromatic rings. The summed E-state index contributed by atoms with van der Waals surface area (Å²) in [4.78, 5) is 43.0. The van der Waals surface area contributed by atoms with Crippen LogP contribution in [0, 0.1) is 5.82 Å². The summed E-state index contributed by atoms with van der Waals surface area (Å²) in [5.41, 5.74) is 1.85. The van der Waals surface area contributed by atoms with Crippen molar-refractivity contribution in [2.75, 3.05) is 5.32 Å². The van der Waals surface area contributed by atoms with Gasteiger partial charge in [-0.2, -0.15) is 0 Å². The van der Waals surface area contributed by atoms with Gasteiger partial charge in [0.15, 0.2) is 0 Å². The number of anilines is 1. The lowest BCUT2D eigenvalue weighted by molar-refractivity contribution is -0.120. The molecule has 0 spiro atoms. The zero-order valence-electron chi connectivity index (χ0n) is 16.3. The summed E-state index contributed by atoms with van der Waals surface area (Å²) < 4.78 is 13.7. The fraction of sp³-hybridized carbons (Fsp3) is 0.130. The van der Waals surface area contributed by atoms with Gasteiger partial charge in [-0.25, -0.2) is 9.18 Å². The van der Waals surface area contributed by atoms with E-state index in [-0.39, 0.29) is 29.8 Å². The number of halogens is 1. The number of rotatable bonds is 5. The van der Waals surface area contributed by atoms with Crippen molar-refractivity contribution in [2.45, 2.75) is 19.0 Å². The number of carboxylic acids is 1. The van der Waals surface area contributed by atoms with Crippen LogP contribution in [-0.4, -0.2) is 38.8 Å². The highest BCUT2D eigenvalue weighted by molar-refractivity contribution is 6.09. The largest absolute Gasteiger partial charge is 0.478 e. The first-order valence-electron chi connectivity index (χ1n) is 9.55. The normalized spacial score (nSPS) is 15.8. The van der Waals surface area contributed by atoms with Gasteiger partial charge in [-0.1, -0.05) is 18.2 Å². The Kier molecular flexibility index (Phi) is 5.44. The van der Waals surface area contributed by atoms with Crippen molar-refractivity contribution >= 4 is 23.5 Å². The molecule has 31 heavy (non-hydrogen) atoms. The molecule has 2 amide bonds. The number of nitrogens with zero attached hydrogens (tertiary/aromatic N) is 2. The van der Waals surface area contributed by atoms with Gasteiger partial charge in [0.1, 0.15) is 11.9 Å². The van der Waals surface area contributed by atoms with E-state index in [2.05, 4.69) is 10.3 Å². The lowest BCUT2D eigenvalue weighted by Gasteiger charge is -2.29. The number of aromatic nitrogens is 1. The van der Waals surface area contributed by atoms with Crippen molar-refractivity contribution in [3.63, 3.8) is 0 Å². The highest BCUT2D eigenvalue weighted by Gasteiger charge is 2.35. The number of pyridine rings is 1. The Bertz CT molecular complexity index is 1150. The Balaban J connectivity index is 1.73. The van der Waals surface area contributed by atoms with Crippen molar-refractivity contribution < 1.29 is 23.9 Å². The van der Waals surface area contributed by atoms with E-state index >= 15 is 0 Å². The lowest BCUT2D eigenvalue weighted by atomic mass is 10.0. The summed E-state index contributed by atoms with van der Waals surface area (Å²) >= 11 is 0. The van der Waals surface area contributed by atoms with Gasteiger partial charge in [0, 0.05) is 25.4 Å². The van der Waals surface area contributed by atoms with Crippen molar-refractivity contribution in [2.24, 2.45) is 0 Å². The molecule has 156 valence electrons. The number of carboxylic acid groups (broad SMARTS) is 1. The third-order valence-corrected chi connectivity index (χ3v) is 5.12. The lowest BCUT2D eigenvalue weighted by Crippen LogP contribution is -2.46. The molecule has 1 aliphatic heterocycles. The molecular formula is C23H18FN3O4. The standard InChI is InChI=1S/C23H18FN3O4/c24-17-7-8-18-19(11-17)26-21(28)20(10-15-2-1-9-25-12-15)27(22(18)29)13-14-3-5-16(6-4-14)23(30)31/h1-9,11-12,20H,10,13H2,(H,26,28)(H,30,31)/t20-/m1/s1. The molecule has 0 fully saturated rings. The molecule has 1 aromatic heterocycles. The van der Waals surface area contributed by atoms with Gasteiger partial charge < -0.3 is 15.3 Å². The molecule has 0 unspecified atom stereocenters. The quantitative estimate of drug-likeness (QED) is 0.662. The Morgan fingerprint density at radius 2 is 1.87 bits per heavy atom. The van der Waals surface area contributed by atoms with Crippen LogP contribution in [0.4, 0.5) is 10.1 Å². The van der Waals surface area contributed by atoms with Crippen LogP contribution in [0.3, 0.4) is 0 Å². The number of nitrogens with one attached hydrogen (secondary N) is 1. The number of hydrogen-bond donors (Lipinski definition) is 2. The molecular weight excluding hydrogens is 401 g/mol. The molecule has 2 aromatic carbocycles. The topological polar surface area (TPSA) is 99.6 Å². The summed E-state index contributed by atoms with van der Waals surface area (Å²) in [5.74, 6) is -2.48. The number of fused-ring (bicyclic) bond motifs is 1. The predicted octanol–water partition coefficient (Wildman–Crippen LogP) is 3.12. The Labute approximate surface area is 177 Å². The molecule has 0 aliphatic carbocycles. The van der Waals surface area contributed by atoms with Crippen LogP contribution in [0.2, 0.25) is 0 Å². The zero-order chi connectivity index (χ0) is 22.0. The van der Waals surface area contributed by atoms with E-state index in [1.807, 2.05) is 6.07 Å².